The van der Waals surface area contributed by atoms with Crippen LogP contribution in [0.5, 0.6) is 0 Å². The van der Waals surface area contributed by atoms with Crippen molar-refractivity contribution in [1.82, 2.24) is 0 Å². The monoisotopic (exact) mass is 562 g/mol. The van der Waals surface area contributed by atoms with Crippen LogP contribution < -0.4 is 0 Å². The number of hydrogen-bond donors (Lipinski definition) is 0. The molecule has 0 aliphatic heterocycles. The maximum atomic E-state index is 13.0. The average Bonchev–Trinajstić information content (AvgIpc) is 3.30. The number of allylic oxidation sites excluding steroid dienone is 2. The van der Waals surface area contributed by atoms with Gasteiger partial charge in [0.15, 0.2) is 16.6 Å². The van der Waals surface area contributed by atoms with E-state index in [1.165, 1.54) is 12.7 Å². The third-order valence-corrected chi connectivity index (χ3v) is 19.7. The molecule has 0 aromatic rings. The molecule has 7 heteroatoms. The summed E-state index contributed by atoms with van der Waals surface area (Å²) in [6.45, 7) is 23.7. The number of aldehydes is 1. The van der Waals surface area contributed by atoms with Gasteiger partial charge in [0.25, 0.3) is 0 Å². The number of rotatable bonds is 10. The van der Waals surface area contributed by atoms with Crippen LogP contribution >= 0.6 is 0 Å². The largest absolute Gasteiger partial charge is 0.466 e. The van der Waals surface area contributed by atoms with Gasteiger partial charge in [-0.2, -0.15) is 0 Å². The molecule has 0 N–H and O–H groups in total. The Kier molecular flexibility index (Phi) is 9.20. The summed E-state index contributed by atoms with van der Waals surface area (Å²) >= 11 is 0. The number of methoxy groups -OCH3 is 1. The minimum atomic E-state index is -2.17. The minimum absolute atomic E-state index is 0.0416. The second-order valence-electron chi connectivity index (χ2n) is 15.1. The summed E-state index contributed by atoms with van der Waals surface area (Å²) < 4.78 is 19.4. The molecule has 0 amide bonds. The fourth-order valence-corrected chi connectivity index (χ4v) is 8.93. The van der Waals surface area contributed by atoms with E-state index in [0.717, 1.165) is 37.7 Å². The topological polar surface area (TPSA) is 61.8 Å². The van der Waals surface area contributed by atoms with E-state index >= 15 is 0 Å². The van der Waals surface area contributed by atoms with Gasteiger partial charge in [0.05, 0.1) is 13.2 Å². The molecule has 5 atom stereocenters. The highest BCUT2D eigenvalue weighted by atomic mass is 28.4. The van der Waals surface area contributed by atoms with Gasteiger partial charge < -0.3 is 18.4 Å². The van der Waals surface area contributed by atoms with Crippen LogP contribution in [0, 0.1) is 23.2 Å². The fourth-order valence-electron chi connectivity index (χ4n) is 6.47. The van der Waals surface area contributed by atoms with Crippen molar-refractivity contribution in [3.05, 3.63) is 23.3 Å². The van der Waals surface area contributed by atoms with Crippen LogP contribution in [0.2, 0.25) is 36.3 Å². The van der Waals surface area contributed by atoms with Crippen molar-refractivity contribution in [3.8, 4) is 0 Å². The zero-order valence-electron chi connectivity index (χ0n) is 26.0. The molecule has 5 nitrogen and oxygen atoms in total. The Labute approximate surface area is 234 Å². The summed E-state index contributed by atoms with van der Waals surface area (Å²) in [5, 5.41) is 0.197. The van der Waals surface area contributed by atoms with Crippen molar-refractivity contribution >= 4 is 28.9 Å². The Morgan fingerprint density at radius 3 is 2.26 bits per heavy atom. The minimum Gasteiger partial charge on any atom is -0.466 e. The van der Waals surface area contributed by atoms with Gasteiger partial charge in [0.1, 0.15) is 6.29 Å². The van der Waals surface area contributed by atoms with E-state index in [1.807, 2.05) is 0 Å². The van der Waals surface area contributed by atoms with Crippen LogP contribution in [0.15, 0.2) is 23.3 Å². The first-order valence-corrected chi connectivity index (χ1v) is 20.5. The summed E-state index contributed by atoms with van der Waals surface area (Å²) in [4.78, 5) is 24.7. The Bertz CT molecular complexity index is 952. The van der Waals surface area contributed by atoms with Crippen molar-refractivity contribution in [3.63, 3.8) is 0 Å². The molecular formula is C31H54O5Si2. The third kappa shape index (κ3) is 6.01. The lowest BCUT2D eigenvalue weighted by molar-refractivity contribution is -0.136. The van der Waals surface area contributed by atoms with Gasteiger partial charge >= 0.3 is 5.97 Å². The van der Waals surface area contributed by atoms with Crippen molar-refractivity contribution in [2.24, 2.45) is 23.2 Å². The van der Waals surface area contributed by atoms with Crippen LogP contribution in [0.25, 0.3) is 0 Å². The molecule has 3 rings (SSSR count). The quantitative estimate of drug-likeness (QED) is 0.117. The highest BCUT2D eigenvalue weighted by molar-refractivity contribution is 6.74. The zero-order chi connectivity index (χ0) is 28.7. The van der Waals surface area contributed by atoms with E-state index in [-0.39, 0.29) is 27.6 Å². The normalized spacial score (nSPS) is 28.8. The summed E-state index contributed by atoms with van der Waals surface area (Å²) in [5.41, 5.74) is 1.89. The van der Waals surface area contributed by atoms with Crippen LogP contribution in [-0.2, 0) is 23.2 Å². The third-order valence-electron chi connectivity index (χ3n) is 10.7. The Balaban J connectivity index is 2.11. The number of carbonyl (C=O) groups excluding carboxylic acids is 2. The van der Waals surface area contributed by atoms with Gasteiger partial charge in [0, 0.05) is 24.0 Å². The van der Waals surface area contributed by atoms with E-state index in [1.54, 1.807) is 0 Å². The predicted molar refractivity (Wildman–Crippen MR) is 160 cm³/mol. The lowest BCUT2D eigenvalue weighted by Gasteiger charge is -2.47. The van der Waals surface area contributed by atoms with E-state index in [2.05, 4.69) is 79.9 Å². The fraction of sp³-hybridized carbons (Fsp3) is 0.806. The second-order valence-corrected chi connectivity index (χ2v) is 24.6. The van der Waals surface area contributed by atoms with Crippen molar-refractivity contribution in [2.45, 2.75) is 122 Å². The van der Waals surface area contributed by atoms with Crippen molar-refractivity contribution < 1.29 is 23.2 Å². The van der Waals surface area contributed by atoms with Gasteiger partial charge in [-0.05, 0) is 86.1 Å². The van der Waals surface area contributed by atoms with Gasteiger partial charge in [-0.15, -0.1) is 0 Å². The van der Waals surface area contributed by atoms with Crippen LogP contribution in [-0.4, -0.2) is 48.7 Å². The molecule has 1 saturated carbocycles. The maximum absolute atomic E-state index is 13.0. The van der Waals surface area contributed by atoms with Gasteiger partial charge in [-0.25, -0.2) is 4.79 Å². The van der Waals surface area contributed by atoms with Crippen LogP contribution in [0.3, 0.4) is 0 Å². The molecule has 216 valence electrons. The summed E-state index contributed by atoms with van der Waals surface area (Å²) in [6.07, 6.45) is 10.3. The summed E-state index contributed by atoms with van der Waals surface area (Å²) in [6, 6.07) is 0. The molecule has 0 spiro atoms. The number of esters is 1. The molecule has 3 aliphatic rings. The first kappa shape index (κ1) is 31.5. The molecule has 1 fully saturated rings. The number of carbonyl (C=O) groups is 2. The first-order chi connectivity index (χ1) is 17.4. The predicted octanol–water partition coefficient (Wildman–Crippen LogP) is 7.84. The molecule has 38 heavy (non-hydrogen) atoms. The molecule has 3 aliphatic carbocycles. The Morgan fingerprint density at radius 1 is 1.08 bits per heavy atom. The highest BCUT2D eigenvalue weighted by Crippen LogP contribution is 2.64. The smallest absolute Gasteiger partial charge is 0.333 e. The highest BCUT2D eigenvalue weighted by Gasteiger charge is 2.60. The molecule has 0 aromatic carbocycles. The number of ether oxygens (including phenoxy) is 1. The zero-order valence-corrected chi connectivity index (χ0v) is 28.0. The van der Waals surface area contributed by atoms with E-state index < -0.39 is 16.6 Å². The lowest BCUT2D eigenvalue weighted by atomic mass is 9.68. The first-order valence-electron chi connectivity index (χ1n) is 14.6. The molecule has 1 unspecified atom stereocenters. The molecule has 0 radical (unpaired) electrons. The van der Waals surface area contributed by atoms with Gasteiger partial charge in [-0.3, -0.25) is 0 Å². The molecule has 0 heterocycles. The maximum Gasteiger partial charge on any atom is 0.333 e. The number of hydrogen-bond acceptors (Lipinski definition) is 5. The average molecular weight is 563 g/mol. The Morgan fingerprint density at radius 2 is 1.71 bits per heavy atom. The lowest BCUT2D eigenvalue weighted by Crippen LogP contribution is -2.50. The molecular weight excluding hydrogens is 509 g/mol. The van der Waals surface area contributed by atoms with Crippen molar-refractivity contribution in [1.29, 1.82) is 0 Å². The molecule has 0 aromatic heterocycles. The Hall–Kier alpha value is -1.03. The SMILES string of the molecule is COC(=O)C1=C[C@@]2(C(CCC=O)O[Si](C)(C)C(C)(C)C)C[C@@H](CO[Si](C)(C)C(C)(C)C)[C@H]3CC=C(CC1)[C@H]32. The van der Waals surface area contributed by atoms with Crippen LogP contribution in [0.4, 0.5) is 0 Å². The molecule has 0 bridgehead atoms. The summed E-state index contributed by atoms with van der Waals surface area (Å²) in [5.74, 6) is 0.950. The van der Waals surface area contributed by atoms with E-state index in [9.17, 15) is 9.59 Å². The van der Waals surface area contributed by atoms with Gasteiger partial charge in [-0.1, -0.05) is 59.3 Å². The summed E-state index contributed by atoms with van der Waals surface area (Å²) in [7, 11) is -2.60. The molecule has 0 saturated heterocycles. The van der Waals surface area contributed by atoms with E-state index in [4.69, 9.17) is 13.6 Å². The van der Waals surface area contributed by atoms with Gasteiger partial charge in [0.2, 0.25) is 0 Å². The standard InChI is InChI=1S/C31H54O5Si2/c1-29(2,3)37(8,9)35-21-24-20-31(26(13-12-18-32)36-38(10,11)30(4,5)6)19-23(28(33)34-7)15-14-22-16-17-25(24)27(22)31/h16,18-19,24-27H,12-15,17,20-21H2,1-11H3/t24-,25+,26?,27+,31-/m0/s1. The van der Waals surface area contributed by atoms with Crippen molar-refractivity contribution in [2.75, 3.05) is 13.7 Å². The van der Waals surface area contributed by atoms with Crippen LogP contribution in [0.1, 0.15) is 80.1 Å². The second kappa shape index (κ2) is 11.1. The van der Waals surface area contributed by atoms with E-state index in [0.29, 0.717) is 37.0 Å².